The van der Waals surface area contributed by atoms with E-state index in [0.717, 1.165) is 24.0 Å². The van der Waals surface area contributed by atoms with Crippen LogP contribution >= 0.6 is 0 Å². The van der Waals surface area contributed by atoms with Crippen LogP contribution in [0, 0.1) is 23.2 Å². The minimum atomic E-state index is -0.323. The summed E-state index contributed by atoms with van der Waals surface area (Å²) >= 11 is 0. The normalized spacial score (nSPS) is 36.0. The van der Waals surface area contributed by atoms with Crippen molar-refractivity contribution in [3.63, 3.8) is 0 Å². The van der Waals surface area contributed by atoms with Crippen molar-refractivity contribution in [1.82, 2.24) is 0 Å². The summed E-state index contributed by atoms with van der Waals surface area (Å²) in [6.07, 6.45) is 7.58. The second kappa shape index (κ2) is 4.43. The molecule has 0 bridgehead atoms. The Hall–Kier alpha value is -1.64. The summed E-state index contributed by atoms with van der Waals surface area (Å²) in [6.45, 7) is 7.01. The van der Waals surface area contributed by atoms with Gasteiger partial charge in [0, 0.05) is 17.1 Å². The van der Waals surface area contributed by atoms with Gasteiger partial charge in [-0.15, -0.1) is 0 Å². The molecule has 3 nitrogen and oxygen atoms in total. The fraction of sp³-hybridized carbons (Fsp3) is 0.579. The number of ether oxygens (including phenoxy) is 1. The fourth-order valence-corrected chi connectivity index (χ4v) is 4.75. The molecule has 0 N–H and O–H groups in total. The molecule has 0 radical (unpaired) electrons. The standard InChI is InChI=1S/C19H22O3/c1-10-9-22-18-12-6-7-13-11(5-4-8-19(13,2)3)15(12)17(21)16(20)14(10)18/h6-7,10-11,13H,4-5,8-9H2,1-3H3/t10-,11?,13?/m0/s1. The van der Waals surface area contributed by atoms with Gasteiger partial charge in [-0.3, -0.25) is 9.59 Å². The van der Waals surface area contributed by atoms with E-state index in [1.807, 2.05) is 13.0 Å². The first-order chi connectivity index (χ1) is 10.4. The Labute approximate surface area is 131 Å². The maximum atomic E-state index is 12.8. The monoisotopic (exact) mass is 298 g/mol. The molecule has 0 amide bonds. The molecule has 116 valence electrons. The number of allylic oxidation sites excluding steroid dienone is 3. The van der Waals surface area contributed by atoms with Crippen molar-refractivity contribution < 1.29 is 14.3 Å². The minimum Gasteiger partial charge on any atom is -0.492 e. The van der Waals surface area contributed by atoms with Crippen LogP contribution in [0.25, 0.3) is 0 Å². The molecule has 2 unspecified atom stereocenters. The first kappa shape index (κ1) is 14.0. The van der Waals surface area contributed by atoms with E-state index in [1.165, 1.54) is 6.42 Å². The van der Waals surface area contributed by atoms with Gasteiger partial charge >= 0.3 is 0 Å². The Kier molecular flexibility index (Phi) is 2.82. The molecular formula is C19H22O3. The van der Waals surface area contributed by atoms with E-state index < -0.39 is 0 Å². The van der Waals surface area contributed by atoms with Gasteiger partial charge in [-0.1, -0.05) is 39.3 Å². The third-order valence-electron chi connectivity index (χ3n) is 5.96. The number of ketones is 2. The van der Waals surface area contributed by atoms with Crippen LogP contribution in [0.2, 0.25) is 0 Å². The molecule has 0 saturated heterocycles. The highest BCUT2D eigenvalue weighted by atomic mass is 16.5. The third-order valence-corrected chi connectivity index (χ3v) is 5.96. The third kappa shape index (κ3) is 1.68. The predicted molar refractivity (Wildman–Crippen MR) is 82.9 cm³/mol. The summed E-state index contributed by atoms with van der Waals surface area (Å²) in [4.78, 5) is 25.3. The predicted octanol–water partition coefficient (Wildman–Crippen LogP) is 3.37. The van der Waals surface area contributed by atoms with Crippen LogP contribution < -0.4 is 0 Å². The number of rotatable bonds is 0. The molecule has 0 spiro atoms. The second-order valence-corrected chi connectivity index (χ2v) is 7.81. The van der Waals surface area contributed by atoms with Crippen molar-refractivity contribution in [2.75, 3.05) is 6.61 Å². The highest BCUT2D eigenvalue weighted by molar-refractivity contribution is 6.50. The maximum absolute atomic E-state index is 12.8. The number of fused-ring (bicyclic) bond motifs is 3. The molecule has 4 rings (SSSR count). The molecule has 1 aliphatic heterocycles. The van der Waals surface area contributed by atoms with Crippen LogP contribution in [0.5, 0.6) is 0 Å². The molecule has 3 aliphatic carbocycles. The molecule has 3 atom stereocenters. The molecular weight excluding hydrogens is 276 g/mol. The zero-order chi connectivity index (χ0) is 15.6. The molecule has 4 aliphatic rings. The van der Waals surface area contributed by atoms with Gasteiger partial charge in [0.05, 0.1) is 12.2 Å². The lowest BCUT2D eigenvalue weighted by atomic mass is 9.58. The van der Waals surface area contributed by atoms with E-state index in [1.54, 1.807) is 0 Å². The summed E-state index contributed by atoms with van der Waals surface area (Å²) in [5.74, 6) is 0.630. The van der Waals surface area contributed by atoms with Crippen LogP contribution in [-0.4, -0.2) is 18.2 Å². The lowest BCUT2D eigenvalue weighted by Gasteiger charge is -2.45. The van der Waals surface area contributed by atoms with Gasteiger partial charge in [0.15, 0.2) is 0 Å². The number of hydrogen-bond acceptors (Lipinski definition) is 3. The molecule has 22 heavy (non-hydrogen) atoms. The zero-order valence-electron chi connectivity index (χ0n) is 13.4. The van der Waals surface area contributed by atoms with E-state index >= 15 is 0 Å². The molecule has 0 aromatic heterocycles. The summed E-state index contributed by atoms with van der Waals surface area (Å²) in [5, 5.41) is 0. The topological polar surface area (TPSA) is 43.4 Å². The van der Waals surface area contributed by atoms with E-state index in [2.05, 4.69) is 19.9 Å². The number of hydrogen-bond donors (Lipinski definition) is 0. The van der Waals surface area contributed by atoms with Crippen molar-refractivity contribution in [2.24, 2.45) is 23.2 Å². The van der Waals surface area contributed by atoms with Gasteiger partial charge < -0.3 is 4.74 Å². The number of Topliss-reactive ketones (excluding diaryl/α,β-unsaturated/α-hetero) is 2. The van der Waals surface area contributed by atoms with Gasteiger partial charge in [-0.05, 0) is 30.1 Å². The Balaban J connectivity index is 1.87. The zero-order valence-corrected chi connectivity index (χ0v) is 13.4. The molecule has 0 aromatic carbocycles. The highest BCUT2D eigenvalue weighted by Gasteiger charge is 2.49. The summed E-state index contributed by atoms with van der Waals surface area (Å²) in [5.41, 5.74) is 2.41. The molecule has 1 fully saturated rings. The minimum absolute atomic E-state index is 0.0226. The van der Waals surface area contributed by atoms with E-state index in [0.29, 0.717) is 23.9 Å². The smallest absolute Gasteiger partial charge is 0.233 e. The average molecular weight is 298 g/mol. The first-order valence-electron chi connectivity index (χ1n) is 8.30. The van der Waals surface area contributed by atoms with Crippen LogP contribution in [0.15, 0.2) is 34.6 Å². The Bertz CT molecular complexity index is 675. The van der Waals surface area contributed by atoms with E-state index in [9.17, 15) is 9.59 Å². The quantitative estimate of drug-likeness (QED) is 0.509. The van der Waals surface area contributed by atoms with Crippen molar-refractivity contribution in [2.45, 2.75) is 40.0 Å². The van der Waals surface area contributed by atoms with Crippen LogP contribution in [0.1, 0.15) is 40.0 Å². The highest BCUT2D eigenvalue weighted by Crippen LogP contribution is 2.52. The Morgan fingerprint density at radius 2 is 1.91 bits per heavy atom. The van der Waals surface area contributed by atoms with Crippen LogP contribution in [0.4, 0.5) is 0 Å². The Morgan fingerprint density at radius 1 is 1.18 bits per heavy atom. The van der Waals surface area contributed by atoms with Gasteiger partial charge in [0.1, 0.15) is 5.76 Å². The lowest BCUT2D eigenvalue weighted by molar-refractivity contribution is -0.133. The molecule has 1 saturated carbocycles. The molecule has 3 heteroatoms. The van der Waals surface area contributed by atoms with Gasteiger partial charge in [-0.25, -0.2) is 0 Å². The van der Waals surface area contributed by atoms with E-state index in [-0.39, 0.29) is 28.8 Å². The number of carbonyl (C=O) groups is 2. The second-order valence-electron chi connectivity index (χ2n) is 7.81. The maximum Gasteiger partial charge on any atom is 0.233 e. The summed E-state index contributed by atoms with van der Waals surface area (Å²) in [6, 6.07) is 0. The Morgan fingerprint density at radius 3 is 2.68 bits per heavy atom. The summed E-state index contributed by atoms with van der Waals surface area (Å²) in [7, 11) is 0. The largest absolute Gasteiger partial charge is 0.492 e. The van der Waals surface area contributed by atoms with Crippen molar-refractivity contribution >= 4 is 11.6 Å². The van der Waals surface area contributed by atoms with Gasteiger partial charge in [0.25, 0.3) is 0 Å². The lowest BCUT2D eigenvalue weighted by Crippen LogP contribution is -2.41. The SMILES string of the molecule is C[C@H]1COC2=C1C(=O)C(=O)C1=C2C=CC2C1CCCC2(C)C. The first-order valence-corrected chi connectivity index (χ1v) is 8.30. The van der Waals surface area contributed by atoms with Crippen molar-refractivity contribution in [1.29, 1.82) is 0 Å². The van der Waals surface area contributed by atoms with Crippen molar-refractivity contribution in [3.8, 4) is 0 Å². The molecule has 0 aromatic rings. The average Bonchev–Trinajstić information content (AvgIpc) is 2.86. The van der Waals surface area contributed by atoms with Gasteiger partial charge in [-0.2, -0.15) is 0 Å². The van der Waals surface area contributed by atoms with Crippen molar-refractivity contribution in [3.05, 3.63) is 34.6 Å². The summed E-state index contributed by atoms with van der Waals surface area (Å²) < 4.78 is 5.79. The fourth-order valence-electron chi connectivity index (χ4n) is 4.75. The van der Waals surface area contributed by atoms with E-state index in [4.69, 9.17) is 4.74 Å². The van der Waals surface area contributed by atoms with Gasteiger partial charge in [0.2, 0.25) is 11.6 Å². The number of carbonyl (C=O) groups excluding carboxylic acids is 2. The molecule has 1 heterocycles. The van der Waals surface area contributed by atoms with Crippen LogP contribution in [0.3, 0.4) is 0 Å². The van der Waals surface area contributed by atoms with Crippen LogP contribution in [-0.2, 0) is 14.3 Å².